The third-order valence-electron chi connectivity index (χ3n) is 8.62. The van der Waals surface area contributed by atoms with E-state index in [9.17, 15) is 51.7 Å². The molecule has 1 aromatic carbocycles. The SMILES string of the molecule is O=C(CCCCCCCCCCC(=O)Oc1c(F)c(F)c(F)c(F)c1F)NCCOCCOCCOCCNC(=O)CCCCO[C@H]1C[C@@H](O)[C@@H](O)[C@@H](CO)O1. The molecule has 1 saturated heterocycles. The van der Waals surface area contributed by atoms with Crippen molar-refractivity contribution in [3.63, 3.8) is 0 Å². The molecule has 2 rings (SSSR count). The summed E-state index contributed by atoms with van der Waals surface area (Å²) in [5, 5.41) is 34.3. The van der Waals surface area contributed by atoms with Crippen molar-refractivity contribution in [2.75, 3.05) is 65.9 Å². The minimum absolute atomic E-state index is 0.0610. The van der Waals surface area contributed by atoms with Gasteiger partial charge in [0, 0.05) is 45.4 Å². The van der Waals surface area contributed by atoms with Crippen molar-refractivity contribution < 1.29 is 80.1 Å². The van der Waals surface area contributed by atoms with Crippen molar-refractivity contribution in [1.29, 1.82) is 0 Å². The first kappa shape index (κ1) is 49.1. The maximum Gasteiger partial charge on any atom is 0.311 e. The molecule has 19 heteroatoms. The summed E-state index contributed by atoms with van der Waals surface area (Å²) < 4.78 is 98.4. The van der Waals surface area contributed by atoms with Gasteiger partial charge < -0.3 is 54.4 Å². The van der Waals surface area contributed by atoms with E-state index in [-0.39, 0.29) is 24.7 Å². The number of esters is 1. The van der Waals surface area contributed by atoms with Crippen LogP contribution in [0.25, 0.3) is 0 Å². The van der Waals surface area contributed by atoms with E-state index in [0.29, 0.717) is 97.9 Å². The first-order valence-electron chi connectivity index (χ1n) is 19.2. The topological polar surface area (TPSA) is 191 Å². The van der Waals surface area contributed by atoms with Crippen LogP contribution in [0.1, 0.15) is 89.9 Å². The quantitative estimate of drug-likeness (QED) is 0.0184. The van der Waals surface area contributed by atoms with Gasteiger partial charge in [-0.05, 0) is 25.7 Å². The summed E-state index contributed by atoms with van der Waals surface area (Å²) in [4.78, 5) is 35.7. The second kappa shape index (κ2) is 29.2. The third-order valence-corrected chi connectivity index (χ3v) is 8.62. The number of benzene rings is 1. The van der Waals surface area contributed by atoms with E-state index < -0.39 is 72.0 Å². The summed E-state index contributed by atoms with van der Waals surface area (Å²) in [5.41, 5.74) is 0. The average Bonchev–Trinajstić information content (AvgIpc) is 3.18. The van der Waals surface area contributed by atoms with E-state index in [1.165, 1.54) is 0 Å². The Kier molecular flexibility index (Phi) is 25.6. The fourth-order valence-corrected chi connectivity index (χ4v) is 5.47. The number of aliphatic hydroxyl groups is 3. The molecule has 5 N–H and O–H groups in total. The molecule has 0 saturated carbocycles. The Morgan fingerprint density at radius 2 is 1.05 bits per heavy atom. The number of ether oxygens (including phenoxy) is 6. The molecule has 2 amide bonds. The highest BCUT2D eigenvalue weighted by Gasteiger charge is 2.36. The maximum absolute atomic E-state index is 13.6. The lowest BCUT2D eigenvalue weighted by Crippen LogP contribution is -2.50. The Balaban J connectivity index is 1.28. The minimum Gasteiger partial charge on any atom is -0.420 e. The van der Waals surface area contributed by atoms with Gasteiger partial charge in [-0.2, -0.15) is 8.78 Å². The van der Waals surface area contributed by atoms with Gasteiger partial charge in [-0.15, -0.1) is 0 Å². The van der Waals surface area contributed by atoms with Crippen molar-refractivity contribution in [2.24, 2.45) is 0 Å². The molecule has 1 aromatic rings. The molecule has 0 aliphatic carbocycles. The molecule has 56 heavy (non-hydrogen) atoms. The second-order valence-corrected chi connectivity index (χ2v) is 13.1. The number of hydrogen-bond donors (Lipinski definition) is 5. The van der Waals surface area contributed by atoms with E-state index >= 15 is 0 Å². The predicted molar refractivity (Wildman–Crippen MR) is 189 cm³/mol. The first-order chi connectivity index (χ1) is 27.0. The standard InChI is InChI=1S/C37H57F5N2O12/c38-31-32(39)34(41)37(35(42)33(31)40)56-29(49)13-8-6-4-2-1-3-5-7-11-27(47)43-14-17-51-19-21-53-22-20-52-18-15-44-28(48)12-9-10-16-54-30-23-25(46)36(50)26(24-45)55-30/h25-26,30,36,45-46,50H,1-24H2,(H,43,47)(H,44,48)/t25-,26-,30-,36-/m1/s1. The molecule has 14 nitrogen and oxygen atoms in total. The number of amides is 2. The molecule has 0 aromatic heterocycles. The number of carbonyl (C=O) groups excluding carboxylic acids is 3. The Labute approximate surface area is 323 Å². The highest BCUT2D eigenvalue weighted by atomic mass is 19.2. The summed E-state index contributed by atoms with van der Waals surface area (Å²) in [6, 6.07) is 0. The van der Waals surface area contributed by atoms with Crippen LogP contribution in [-0.2, 0) is 38.1 Å². The number of nitrogens with one attached hydrogen (secondary N) is 2. The van der Waals surface area contributed by atoms with Crippen molar-refractivity contribution >= 4 is 17.8 Å². The second-order valence-electron chi connectivity index (χ2n) is 13.1. The summed E-state index contributed by atoms with van der Waals surface area (Å²) in [6.45, 7) is 2.79. The molecule has 0 unspecified atom stereocenters. The van der Waals surface area contributed by atoms with Crippen LogP contribution in [0.15, 0.2) is 0 Å². The maximum atomic E-state index is 13.6. The first-order valence-corrected chi connectivity index (χ1v) is 19.2. The molecule has 0 radical (unpaired) electrons. The number of unbranched alkanes of at least 4 members (excludes halogenated alkanes) is 8. The van der Waals surface area contributed by atoms with Crippen LogP contribution in [-0.4, -0.2) is 124 Å². The lowest BCUT2D eigenvalue weighted by atomic mass is 10.0. The van der Waals surface area contributed by atoms with Crippen LogP contribution >= 0.6 is 0 Å². The zero-order chi connectivity index (χ0) is 41.1. The zero-order valence-electron chi connectivity index (χ0n) is 31.7. The highest BCUT2D eigenvalue weighted by molar-refractivity contribution is 5.76. The van der Waals surface area contributed by atoms with Gasteiger partial charge >= 0.3 is 5.97 Å². The van der Waals surface area contributed by atoms with E-state index in [4.69, 9.17) is 23.7 Å². The number of halogens is 5. The van der Waals surface area contributed by atoms with Crippen molar-refractivity contribution in [3.8, 4) is 5.75 Å². The summed E-state index contributed by atoms with van der Waals surface area (Å²) in [7, 11) is 0. The molecule has 1 aliphatic rings. The van der Waals surface area contributed by atoms with Gasteiger partial charge in [0.15, 0.2) is 6.29 Å². The zero-order valence-corrected chi connectivity index (χ0v) is 31.7. The largest absolute Gasteiger partial charge is 0.420 e. The van der Waals surface area contributed by atoms with Crippen LogP contribution in [0.5, 0.6) is 5.75 Å². The summed E-state index contributed by atoms with van der Waals surface area (Å²) in [5.74, 6) is -13.9. The van der Waals surface area contributed by atoms with Crippen molar-refractivity contribution in [3.05, 3.63) is 29.1 Å². The van der Waals surface area contributed by atoms with Gasteiger partial charge in [-0.3, -0.25) is 14.4 Å². The molecule has 1 fully saturated rings. The Hall–Kier alpha value is -3.04. The number of hydrogen-bond acceptors (Lipinski definition) is 12. The summed E-state index contributed by atoms with van der Waals surface area (Å²) >= 11 is 0. The Morgan fingerprint density at radius 1 is 0.607 bits per heavy atom. The van der Waals surface area contributed by atoms with E-state index in [1.54, 1.807) is 0 Å². The van der Waals surface area contributed by atoms with Crippen molar-refractivity contribution in [2.45, 2.75) is 114 Å². The molecule has 322 valence electrons. The lowest BCUT2D eigenvalue weighted by molar-refractivity contribution is -0.256. The molecule has 0 spiro atoms. The fraction of sp³-hybridized carbons (Fsp3) is 0.757. The highest BCUT2D eigenvalue weighted by Crippen LogP contribution is 2.29. The van der Waals surface area contributed by atoms with E-state index in [2.05, 4.69) is 15.4 Å². The molecular formula is C37H57F5N2O12. The van der Waals surface area contributed by atoms with E-state index in [0.717, 1.165) is 38.5 Å². The molecular weight excluding hydrogens is 759 g/mol. The molecule has 0 bridgehead atoms. The summed E-state index contributed by atoms with van der Waals surface area (Å²) in [6.07, 6.45) is 4.07. The Bertz CT molecular complexity index is 1270. The third kappa shape index (κ3) is 19.9. The van der Waals surface area contributed by atoms with Gasteiger partial charge in [0.05, 0.1) is 52.4 Å². The van der Waals surface area contributed by atoms with Gasteiger partial charge in [0.25, 0.3) is 0 Å². The smallest absolute Gasteiger partial charge is 0.311 e. The number of aliphatic hydroxyl groups excluding tert-OH is 3. The van der Waals surface area contributed by atoms with E-state index in [1.807, 2.05) is 0 Å². The minimum atomic E-state index is -2.32. The molecule has 1 aliphatic heterocycles. The molecule has 4 atom stereocenters. The van der Waals surface area contributed by atoms with Crippen LogP contribution < -0.4 is 15.4 Å². The van der Waals surface area contributed by atoms with Crippen LogP contribution in [0.4, 0.5) is 22.0 Å². The van der Waals surface area contributed by atoms with Crippen LogP contribution in [0, 0.1) is 29.1 Å². The van der Waals surface area contributed by atoms with Gasteiger partial charge in [-0.1, -0.05) is 38.5 Å². The van der Waals surface area contributed by atoms with Crippen LogP contribution in [0.3, 0.4) is 0 Å². The monoisotopic (exact) mass is 816 g/mol. The number of carbonyl (C=O) groups is 3. The Morgan fingerprint density at radius 3 is 1.57 bits per heavy atom. The van der Waals surface area contributed by atoms with Gasteiger partial charge in [0.1, 0.15) is 12.2 Å². The average molecular weight is 817 g/mol. The van der Waals surface area contributed by atoms with Crippen molar-refractivity contribution in [1.82, 2.24) is 10.6 Å². The molecule has 1 heterocycles. The van der Waals surface area contributed by atoms with Gasteiger partial charge in [-0.25, -0.2) is 13.2 Å². The predicted octanol–water partition coefficient (Wildman–Crippen LogP) is 3.49. The fourth-order valence-electron chi connectivity index (χ4n) is 5.47. The van der Waals surface area contributed by atoms with Crippen LogP contribution in [0.2, 0.25) is 0 Å². The normalized spacial score (nSPS) is 18.2. The number of rotatable bonds is 31. The van der Waals surface area contributed by atoms with Gasteiger partial charge in [0.2, 0.25) is 46.6 Å². The lowest BCUT2D eigenvalue weighted by Gasteiger charge is -2.36.